The molecule has 0 saturated heterocycles. The highest BCUT2D eigenvalue weighted by Crippen LogP contribution is 2.39. The van der Waals surface area contributed by atoms with Crippen molar-refractivity contribution in [1.29, 1.82) is 0 Å². The number of rotatable bonds is 3. The van der Waals surface area contributed by atoms with E-state index in [2.05, 4.69) is 30.4 Å². The molecule has 3 nitrogen and oxygen atoms in total. The molecule has 0 aliphatic heterocycles. The average Bonchev–Trinajstić information content (AvgIpc) is 2.25. The SMILES string of the molecule is COc1cc(CBr)c(OC(F)(F)F)nc1C(F)(F)F. The van der Waals surface area contributed by atoms with E-state index in [0.29, 0.717) is 0 Å². The molecule has 0 aliphatic rings. The molecule has 1 heterocycles. The zero-order valence-corrected chi connectivity index (χ0v) is 10.8. The fourth-order valence-corrected chi connectivity index (χ4v) is 1.57. The van der Waals surface area contributed by atoms with Gasteiger partial charge in [-0.1, -0.05) is 15.9 Å². The van der Waals surface area contributed by atoms with E-state index in [1.54, 1.807) is 0 Å². The van der Waals surface area contributed by atoms with Crippen molar-refractivity contribution in [3.63, 3.8) is 0 Å². The van der Waals surface area contributed by atoms with Crippen LogP contribution in [-0.4, -0.2) is 18.5 Å². The molecule has 0 aromatic carbocycles. The summed E-state index contributed by atoms with van der Waals surface area (Å²) in [4.78, 5) is 2.85. The first-order valence-corrected chi connectivity index (χ1v) is 5.67. The zero-order valence-electron chi connectivity index (χ0n) is 9.19. The summed E-state index contributed by atoms with van der Waals surface area (Å²) >= 11 is 2.83. The smallest absolute Gasteiger partial charge is 0.494 e. The van der Waals surface area contributed by atoms with Crippen LogP contribution in [0, 0.1) is 0 Å². The summed E-state index contributed by atoms with van der Waals surface area (Å²) < 4.78 is 81.9. The number of hydrogen-bond acceptors (Lipinski definition) is 3. The maximum Gasteiger partial charge on any atom is 0.574 e. The van der Waals surface area contributed by atoms with Gasteiger partial charge >= 0.3 is 12.5 Å². The molecule has 0 amide bonds. The minimum absolute atomic E-state index is 0.181. The third-order valence-electron chi connectivity index (χ3n) is 1.87. The van der Waals surface area contributed by atoms with E-state index in [9.17, 15) is 26.3 Å². The van der Waals surface area contributed by atoms with Crippen LogP contribution in [0.3, 0.4) is 0 Å². The molecule has 1 aromatic heterocycles. The van der Waals surface area contributed by atoms with Gasteiger partial charge in [0.1, 0.15) is 5.75 Å². The van der Waals surface area contributed by atoms with Crippen molar-refractivity contribution in [2.24, 2.45) is 0 Å². The topological polar surface area (TPSA) is 31.4 Å². The number of methoxy groups -OCH3 is 1. The van der Waals surface area contributed by atoms with E-state index in [4.69, 9.17) is 0 Å². The highest BCUT2D eigenvalue weighted by molar-refractivity contribution is 9.08. The van der Waals surface area contributed by atoms with Gasteiger partial charge in [-0.25, -0.2) is 4.98 Å². The summed E-state index contributed by atoms with van der Waals surface area (Å²) in [5.41, 5.74) is -1.80. The molecule has 1 aromatic rings. The van der Waals surface area contributed by atoms with Crippen LogP contribution in [0.15, 0.2) is 6.07 Å². The first-order valence-electron chi connectivity index (χ1n) is 4.55. The van der Waals surface area contributed by atoms with E-state index >= 15 is 0 Å². The second kappa shape index (κ2) is 5.43. The summed E-state index contributed by atoms with van der Waals surface area (Å²) in [6.07, 6.45) is -10.1. The molecule has 0 N–H and O–H groups in total. The average molecular weight is 354 g/mol. The maximum absolute atomic E-state index is 12.6. The van der Waals surface area contributed by atoms with Crippen molar-refractivity contribution in [2.75, 3.05) is 7.11 Å². The van der Waals surface area contributed by atoms with Gasteiger partial charge in [-0.15, -0.1) is 13.2 Å². The molecular weight excluding hydrogens is 348 g/mol. The van der Waals surface area contributed by atoms with Crippen molar-refractivity contribution in [2.45, 2.75) is 17.9 Å². The Labute approximate surface area is 111 Å². The number of pyridine rings is 1. The normalized spacial score (nSPS) is 12.4. The van der Waals surface area contributed by atoms with Crippen molar-refractivity contribution in [1.82, 2.24) is 4.98 Å². The van der Waals surface area contributed by atoms with Crippen molar-refractivity contribution >= 4 is 15.9 Å². The molecule has 0 aliphatic carbocycles. The van der Waals surface area contributed by atoms with Crippen molar-refractivity contribution in [3.05, 3.63) is 17.3 Å². The molecule has 0 spiro atoms. The second-order valence-electron chi connectivity index (χ2n) is 3.18. The lowest BCUT2D eigenvalue weighted by Crippen LogP contribution is -2.21. The van der Waals surface area contributed by atoms with Crippen LogP contribution in [0.4, 0.5) is 26.3 Å². The van der Waals surface area contributed by atoms with Gasteiger partial charge in [-0.2, -0.15) is 13.2 Å². The number of halogens is 7. The molecule has 0 fully saturated rings. The molecule has 0 unspecified atom stereocenters. The third kappa shape index (κ3) is 4.15. The maximum atomic E-state index is 12.6. The zero-order chi connectivity index (χ0) is 14.8. The van der Waals surface area contributed by atoms with Crippen LogP contribution in [0.2, 0.25) is 0 Å². The minimum atomic E-state index is -5.14. The molecular formula is C9H6BrF6NO2. The van der Waals surface area contributed by atoms with Gasteiger partial charge in [0.05, 0.1) is 7.11 Å². The Bertz CT molecular complexity index is 459. The summed E-state index contributed by atoms with van der Waals surface area (Å²) in [6, 6.07) is 0.783. The molecule has 0 atom stereocenters. The third-order valence-corrected chi connectivity index (χ3v) is 2.48. The molecule has 0 bridgehead atoms. The van der Waals surface area contributed by atoms with E-state index in [1.165, 1.54) is 0 Å². The number of nitrogens with zero attached hydrogens (tertiary/aromatic N) is 1. The molecule has 0 radical (unpaired) electrons. The van der Waals surface area contributed by atoms with Crippen molar-refractivity contribution < 1.29 is 35.8 Å². The van der Waals surface area contributed by atoms with Gasteiger partial charge < -0.3 is 9.47 Å². The first kappa shape index (κ1) is 15.9. The van der Waals surface area contributed by atoms with Crippen LogP contribution >= 0.6 is 15.9 Å². The molecule has 19 heavy (non-hydrogen) atoms. The van der Waals surface area contributed by atoms with Crippen molar-refractivity contribution in [3.8, 4) is 11.6 Å². The Hall–Kier alpha value is -1.19. The molecule has 108 valence electrons. The summed E-state index contributed by atoms with van der Waals surface area (Å²) in [5.74, 6) is -1.85. The standard InChI is InChI=1S/C9H6BrF6NO2/c1-18-5-2-4(3-10)7(19-9(14,15)16)17-6(5)8(11,12)13/h2H,3H2,1H3. The lowest BCUT2D eigenvalue weighted by Gasteiger charge is -2.16. The number of aromatic nitrogens is 1. The van der Waals surface area contributed by atoms with Gasteiger partial charge in [-0.05, 0) is 6.07 Å². The Balaban J connectivity index is 3.38. The minimum Gasteiger partial charge on any atom is -0.494 e. The summed E-state index contributed by atoms with van der Waals surface area (Å²) in [6.45, 7) is 0. The Morgan fingerprint density at radius 3 is 2.16 bits per heavy atom. The van der Waals surface area contributed by atoms with Crippen LogP contribution < -0.4 is 9.47 Å². The quantitative estimate of drug-likeness (QED) is 0.610. The van der Waals surface area contributed by atoms with Crippen LogP contribution in [0.25, 0.3) is 0 Å². The lowest BCUT2D eigenvalue weighted by molar-refractivity contribution is -0.276. The Morgan fingerprint density at radius 1 is 1.21 bits per heavy atom. The fourth-order valence-electron chi connectivity index (χ4n) is 1.17. The van der Waals surface area contributed by atoms with Gasteiger partial charge in [0.25, 0.3) is 0 Å². The largest absolute Gasteiger partial charge is 0.574 e. The lowest BCUT2D eigenvalue weighted by atomic mass is 10.2. The molecule has 1 rings (SSSR count). The highest BCUT2D eigenvalue weighted by Gasteiger charge is 2.39. The van der Waals surface area contributed by atoms with E-state index in [-0.39, 0.29) is 10.9 Å². The number of ether oxygens (including phenoxy) is 2. The monoisotopic (exact) mass is 353 g/mol. The second-order valence-corrected chi connectivity index (χ2v) is 3.74. The van der Waals surface area contributed by atoms with Gasteiger partial charge in [0.2, 0.25) is 5.88 Å². The van der Waals surface area contributed by atoms with Gasteiger partial charge in [0.15, 0.2) is 5.69 Å². The summed E-state index contributed by atoms with van der Waals surface area (Å²) in [5, 5.41) is -0.181. The van der Waals surface area contributed by atoms with Crippen LogP contribution in [0.1, 0.15) is 11.3 Å². The van der Waals surface area contributed by atoms with E-state index in [0.717, 1.165) is 13.2 Å². The van der Waals surface area contributed by atoms with Crippen LogP contribution in [0.5, 0.6) is 11.6 Å². The van der Waals surface area contributed by atoms with Gasteiger partial charge in [0, 0.05) is 10.9 Å². The Morgan fingerprint density at radius 2 is 1.79 bits per heavy atom. The molecule has 10 heteroatoms. The Kier molecular flexibility index (Phi) is 4.54. The summed E-state index contributed by atoms with van der Waals surface area (Å²) in [7, 11) is 0.953. The van der Waals surface area contributed by atoms with E-state index < -0.39 is 29.9 Å². The predicted molar refractivity (Wildman–Crippen MR) is 55.1 cm³/mol. The molecule has 0 saturated carbocycles. The highest BCUT2D eigenvalue weighted by atomic mass is 79.9. The van der Waals surface area contributed by atoms with Gasteiger partial charge in [-0.3, -0.25) is 0 Å². The fraction of sp³-hybridized carbons (Fsp3) is 0.444. The number of hydrogen-bond donors (Lipinski definition) is 0. The van der Waals surface area contributed by atoms with Crippen LogP contribution in [-0.2, 0) is 11.5 Å². The van der Waals surface area contributed by atoms with E-state index in [1.807, 2.05) is 0 Å². The first-order chi connectivity index (χ1) is 8.58. The predicted octanol–water partition coefficient (Wildman–Crippen LogP) is 3.90. The number of alkyl halides is 7.